The summed E-state index contributed by atoms with van der Waals surface area (Å²) in [4.78, 5) is 19.7. The molecule has 1 aliphatic heterocycles. The third kappa shape index (κ3) is 4.79. The SMILES string of the molecule is CC1CCN(c2nnc(SC(C)C(=O)Nc3cccc4ncccc34)n2Cc2ccco2)CC1. The molecule has 1 N–H and O–H groups in total. The Kier molecular flexibility index (Phi) is 6.53. The van der Waals surface area contributed by atoms with Crippen molar-refractivity contribution in [3.05, 3.63) is 60.7 Å². The summed E-state index contributed by atoms with van der Waals surface area (Å²) in [5.41, 5.74) is 1.60. The second kappa shape index (κ2) is 9.89. The number of carbonyl (C=O) groups is 1. The number of piperidine rings is 1. The van der Waals surface area contributed by atoms with Gasteiger partial charge in [-0.05, 0) is 62.1 Å². The monoisotopic (exact) mass is 476 g/mol. The quantitative estimate of drug-likeness (QED) is 0.382. The van der Waals surface area contributed by atoms with Gasteiger partial charge in [-0.25, -0.2) is 0 Å². The van der Waals surface area contributed by atoms with E-state index in [1.807, 2.05) is 49.4 Å². The highest BCUT2D eigenvalue weighted by Gasteiger charge is 2.26. The largest absolute Gasteiger partial charge is 0.467 e. The van der Waals surface area contributed by atoms with E-state index in [0.29, 0.717) is 11.7 Å². The minimum atomic E-state index is -0.374. The fourth-order valence-corrected chi connectivity index (χ4v) is 5.01. The number of hydrogen-bond donors (Lipinski definition) is 1. The molecule has 5 rings (SSSR count). The van der Waals surface area contributed by atoms with Crippen LogP contribution in [0, 0.1) is 5.92 Å². The highest BCUT2D eigenvalue weighted by Crippen LogP contribution is 2.30. The topological polar surface area (TPSA) is 89.1 Å². The van der Waals surface area contributed by atoms with Crippen LogP contribution in [0.25, 0.3) is 10.9 Å². The van der Waals surface area contributed by atoms with Crippen LogP contribution < -0.4 is 10.2 Å². The van der Waals surface area contributed by atoms with E-state index in [2.05, 4.69) is 36.9 Å². The number of furan rings is 1. The van der Waals surface area contributed by atoms with Crippen LogP contribution in [0.15, 0.2) is 64.5 Å². The highest BCUT2D eigenvalue weighted by molar-refractivity contribution is 8.00. The first kappa shape index (κ1) is 22.5. The normalized spacial score (nSPS) is 15.5. The van der Waals surface area contributed by atoms with Crippen molar-refractivity contribution in [3.8, 4) is 0 Å². The van der Waals surface area contributed by atoms with Gasteiger partial charge >= 0.3 is 0 Å². The molecule has 1 aliphatic rings. The summed E-state index contributed by atoms with van der Waals surface area (Å²) >= 11 is 1.40. The van der Waals surface area contributed by atoms with Gasteiger partial charge in [0.05, 0.1) is 29.3 Å². The summed E-state index contributed by atoms with van der Waals surface area (Å²) in [5.74, 6) is 2.29. The molecular formula is C25H28N6O2S. The average molecular weight is 477 g/mol. The Bertz CT molecular complexity index is 1260. The number of carbonyl (C=O) groups excluding carboxylic acids is 1. The molecular weight excluding hydrogens is 448 g/mol. The summed E-state index contributed by atoms with van der Waals surface area (Å²) in [6.07, 6.45) is 5.69. The van der Waals surface area contributed by atoms with Crippen molar-refractivity contribution in [2.45, 2.75) is 43.6 Å². The maximum Gasteiger partial charge on any atom is 0.237 e. The lowest BCUT2D eigenvalue weighted by molar-refractivity contribution is -0.115. The summed E-state index contributed by atoms with van der Waals surface area (Å²) in [6.45, 7) is 6.60. The molecule has 8 nitrogen and oxygen atoms in total. The van der Waals surface area contributed by atoms with Gasteiger partial charge in [-0.15, -0.1) is 10.2 Å². The predicted molar refractivity (Wildman–Crippen MR) is 134 cm³/mol. The smallest absolute Gasteiger partial charge is 0.237 e. The zero-order chi connectivity index (χ0) is 23.5. The number of fused-ring (bicyclic) bond motifs is 1. The third-order valence-electron chi connectivity index (χ3n) is 6.21. The van der Waals surface area contributed by atoms with Gasteiger partial charge in [0.15, 0.2) is 5.16 Å². The van der Waals surface area contributed by atoms with Crippen LogP contribution in [0.3, 0.4) is 0 Å². The molecule has 1 saturated heterocycles. The third-order valence-corrected chi connectivity index (χ3v) is 7.29. The van der Waals surface area contributed by atoms with Gasteiger partial charge in [-0.2, -0.15) is 0 Å². The zero-order valence-electron chi connectivity index (χ0n) is 19.3. The van der Waals surface area contributed by atoms with Crippen LogP contribution >= 0.6 is 11.8 Å². The minimum absolute atomic E-state index is 0.0951. The first-order valence-electron chi connectivity index (χ1n) is 11.6. The van der Waals surface area contributed by atoms with Gasteiger partial charge in [-0.3, -0.25) is 14.3 Å². The molecule has 0 saturated carbocycles. The van der Waals surface area contributed by atoms with Crippen LogP contribution in [0.2, 0.25) is 0 Å². The van der Waals surface area contributed by atoms with E-state index in [0.717, 1.165) is 60.1 Å². The minimum Gasteiger partial charge on any atom is -0.467 e. The number of anilines is 2. The fourth-order valence-electron chi connectivity index (χ4n) is 4.17. The summed E-state index contributed by atoms with van der Waals surface area (Å²) in [5, 5.41) is 13.3. The number of rotatable bonds is 7. The number of thioether (sulfide) groups is 1. The Morgan fingerprint density at radius 3 is 2.82 bits per heavy atom. The predicted octanol–water partition coefficient (Wildman–Crippen LogP) is 4.82. The Hall–Kier alpha value is -3.33. The molecule has 4 aromatic rings. The van der Waals surface area contributed by atoms with E-state index >= 15 is 0 Å². The molecule has 1 aromatic carbocycles. The summed E-state index contributed by atoms with van der Waals surface area (Å²) < 4.78 is 7.66. The molecule has 9 heteroatoms. The second-order valence-corrected chi connectivity index (χ2v) is 10.1. The van der Waals surface area contributed by atoms with Gasteiger partial charge in [0, 0.05) is 24.7 Å². The van der Waals surface area contributed by atoms with E-state index in [-0.39, 0.29) is 11.2 Å². The van der Waals surface area contributed by atoms with Crippen molar-refractivity contribution >= 4 is 40.2 Å². The van der Waals surface area contributed by atoms with Crippen molar-refractivity contribution < 1.29 is 9.21 Å². The van der Waals surface area contributed by atoms with Crippen molar-refractivity contribution in [2.24, 2.45) is 5.92 Å². The average Bonchev–Trinajstić information content (AvgIpc) is 3.51. The number of hydrogen-bond acceptors (Lipinski definition) is 7. The van der Waals surface area contributed by atoms with E-state index < -0.39 is 0 Å². The number of benzene rings is 1. The molecule has 0 bridgehead atoms. The van der Waals surface area contributed by atoms with Gasteiger partial charge in [-0.1, -0.05) is 24.8 Å². The number of aromatic nitrogens is 4. The standard InChI is InChI=1S/C25H28N6O2S/c1-17-10-13-30(14-11-17)24-28-29-25(31(24)16-19-6-5-15-33-19)34-18(2)23(32)27-22-9-3-8-21-20(22)7-4-12-26-21/h3-9,12,15,17-18H,10-11,13-14,16H2,1-2H3,(H,27,32). The Labute approximate surface area is 202 Å². The molecule has 176 valence electrons. The van der Waals surface area contributed by atoms with E-state index in [1.54, 1.807) is 12.5 Å². The van der Waals surface area contributed by atoms with Gasteiger partial charge in [0.25, 0.3) is 0 Å². The molecule has 3 aromatic heterocycles. The van der Waals surface area contributed by atoms with E-state index in [9.17, 15) is 4.79 Å². The molecule has 34 heavy (non-hydrogen) atoms. The lowest BCUT2D eigenvalue weighted by atomic mass is 10.00. The van der Waals surface area contributed by atoms with Crippen LogP contribution in [0.5, 0.6) is 0 Å². The fraction of sp³-hybridized carbons (Fsp3) is 0.360. The highest BCUT2D eigenvalue weighted by atomic mass is 32.2. The maximum atomic E-state index is 13.1. The first-order chi connectivity index (χ1) is 16.6. The lowest BCUT2D eigenvalue weighted by Crippen LogP contribution is -2.35. The maximum absolute atomic E-state index is 13.1. The van der Waals surface area contributed by atoms with Gasteiger partial charge in [0.1, 0.15) is 5.76 Å². The molecule has 1 fully saturated rings. The molecule has 1 atom stereocenters. The zero-order valence-corrected chi connectivity index (χ0v) is 20.2. The van der Waals surface area contributed by atoms with Crippen molar-refractivity contribution in [3.63, 3.8) is 0 Å². The van der Waals surface area contributed by atoms with Crippen molar-refractivity contribution in [1.82, 2.24) is 19.7 Å². The molecule has 0 radical (unpaired) electrons. The Morgan fingerprint density at radius 2 is 2.03 bits per heavy atom. The van der Waals surface area contributed by atoms with Crippen LogP contribution in [0.1, 0.15) is 32.4 Å². The second-order valence-electron chi connectivity index (χ2n) is 8.74. The molecule has 0 aliphatic carbocycles. The summed E-state index contributed by atoms with van der Waals surface area (Å²) in [7, 11) is 0. The Balaban J connectivity index is 1.35. The number of amides is 1. The van der Waals surface area contributed by atoms with Gasteiger partial charge in [0.2, 0.25) is 11.9 Å². The first-order valence-corrected chi connectivity index (χ1v) is 12.5. The van der Waals surface area contributed by atoms with Crippen LogP contribution in [-0.4, -0.2) is 44.0 Å². The van der Waals surface area contributed by atoms with Crippen molar-refractivity contribution in [2.75, 3.05) is 23.3 Å². The Morgan fingerprint density at radius 1 is 1.18 bits per heavy atom. The molecule has 1 unspecified atom stereocenters. The van der Waals surface area contributed by atoms with E-state index in [1.165, 1.54) is 11.8 Å². The van der Waals surface area contributed by atoms with Crippen LogP contribution in [-0.2, 0) is 11.3 Å². The van der Waals surface area contributed by atoms with Crippen LogP contribution in [0.4, 0.5) is 11.6 Å². The molecule has 0 spiro atoms. The summed E-state index contributed by atoms with van der Waals surface area (Å²) in [6, 6.07) is 13.4. The molecule has 4 heterocycles. The van der Waals surface area contributed by atoms with Gasteiger partial charge < -0.3 is 14.6 Å². The van der Waals surface area contributed by atoms with E-state index in [4.69, 9.17) is 4.42 Å². The number of nitrogens with zero attached hydrogens (tertiary/aromatic N) is 5. The number of nitrogens with one attached hydrogen (secondary N) is 1. The van der Waals surface area contributed by atoms with Crippen molar-refractivity contribution in [1.29, 1.82) is 0 Å². The number of pyridine rings is 1. The molecule has 1 amide bonds. The lowest BCUT2D eigenvalue weighted by Gasteiger charge is -2.31.